The number of anilines is 2. The van der Waals surface area contributed by atoms with Gasteiger partial charge in [-0.2, -0.15) is 0 Å². The van der Waals surface area contributed by atoms with Crippen molar-refractivity contribution < 1.29 is 22.6 Å². The molecule has 0 aliphatic carbocycles. The van der Waals surface area contributed by atoms with Gasteiger partial charge in [-0.05, 0) is 61.2 Å². The molecule has 3 aromatic rings. The molecule has 1 N–H and O–H groups in total. The first-order valence-corrected chi connectivity index (χ1v) is 12.4. The fraction of sp³-hybridized carbons (Fsp3) is 0.393. The zero-order valence-corrected chi connectivity index (χ0v) is 20.5. The van der Waals surface area contributed by atoms with E-state index in [4.69, 9.17) is 9.47 Å². The van der Waals surface area contributed by atoms with Crippen molar-refractivity contribution in [1.29, 1.82) is 0 Å². The molecule has 190 valence electrons. The minimum atomic E-state index is -0.547. The van der Waals surface area contributed by atoms with Crippen molar-refractivity contribution in [3.8, 4) is 16.9 Å². The summed E-state index contributed by atoms with van der Waals surface area (Å²) in [6, 6.07) is 9.96. The number of fused-ring (bicyclic) bond motifs is 1. The van der Waals surface area contributed by atoms with Crippen LogP contribution in [0.2, 0.25) is 0 Å². The summed E-state index contributed by atoms with van der Waals surface area (Å²) >= 11 is 0. The highest BCUT2D eigenvalue weighted by molar-refractivity contribution is 5.74. The molecule has 2 unspecified atom stereocenters. The summed E-state index contributed by atoms with van der Waals surface area (Å²) in [6.07, 6.45) is 3.18. The maximum Gasteiger partial charge on any atom is 0.178 e. The molecular formula is C28H30F3N3O2. The van der Waals surface area contributed by atoms with Crippen LogP contribution in [0.4, 0.5) is 24.5 Å². The third kappa shape index (κ3) is 5.00. The molecule has 8 heteroatoms. The Balaban J connectivity index is 1.41. The van der Waals surface area contributed by atoms with Gasteiger partial charge in [-0.1, -0.05) is 13.0 Å². The summed E-state index contributed by atoms with van der Waals surface area (Å²) in [4.78, 5) is 6.30. The number of rotatable bonds is 7. The Bertz CT molecular complexity index is 1250. The molecule has 36 heavy (non-hydrogen) atoms. The van der Waals surface area contributed by atoms with E-state index in [-0.39, 0.29) is 29.2 Å². The molecule has 1 aromatic heterocycles. The Hall–Kier alpha value is -3.26. The SMILES string of the molecule is CCC(C)N1CCOc2c(F)cc(-c3cc(Cc4ccc(NC5CCOC5)c(F)c4)ncc3F)cc21. The second-order valence-corrected chi connectivity index (χ2v) is 9.46. The van der Waals surface area contributed by atoms with Crippen molar-refractivity contribution >= 4 is 11.4 Å². The topological polar surface area (TPSA) is 46.6 Å². The Morgan fingerprint density at radius 3 is 2.69 bits per heavy atom. The summed E-state index contributed by atoms with van der Waals surface area (Å²) in [5.41, 5.74) is 2.98. The van der Waals surface area contributed by atoms with Crippen molar-refractivity contribution in [2.45, 2.75) is 45.2 Å². The minimum absolute atomic E-state index is 0.102. The number of halogens is 3. The predicted octanol–water partition coefficient (Wildman–Crippen LogP) is 5.95. The van der Waals surface area contributed by atoms with E-state index in [1.807, 2.05) is 6.07 Å². The standard InChI is InChI=1S/C28H30F3N3O2/c1-3-17(2)34-7-9-36-28-24(30)12-19(13-27(28)34)22-14-21(32-15-25(22)31)10-18-4-5-26(23(29)11-18)33-20-6-8-35-16-20/h4-5,11-15,17,20,33H,3,6-10,16H2,1-2H3. The second-order valence-electron chi connectivity index (χ2n) is 9.46. The first kappa shape index (κ1) is 24.4. The zero-order valence-electron chi connectivity index (χ0n) is 20.5. The zero-order chi connectivity index (χ0) is 25.2. The number of ether oxygens (including phenoxy) is 2. The van der Waals surface area contributed by atoms with Gasteiger partial charge in [0.1, 0.15) is 18.2 Å². The average molecular weight is 498 g/mol. The van der Waals surface area contributed by atoms with Crippen molar-refractivity contribution in [2.75, 3.05) is 36.6 Å². The molecule has 0 saturated carbocycles. The van der Waals surface area contributed by atoms with Gasteiger partial charge < -0.3 is 19.7 Å². The van der Waals surface area contributed by atoms with Gasteiger partial charge in [-0.15, -0.1) is 0 Å². The monoisotopic (exact) mass is 497 g/mol. The van der Waals surface area contributed by atoms with E-state index in [9.17, 15) is 8.78 Å². The second kappa shape index (κ2) is 10.4. The molecule has 1 saturated heterocycles. The van der Waals surface area contributed by atoms with Crippen LogP contribution in [0, 0.1) is 17.5 Å². The quantitative estimate of drug-likeness (QED) is 0.437. The average Bonchev–Trinajstić information content (AvgIpc) is 3.39. The smallest absolute Gasteiger partial charge is 0.178 e. The molecule has 2 aliphatic heterocycles. The maximum atomic E-state index is 15.0. The number of nitrogens with one attached hydrogen (secondary N) is 1. The Morgan fingerprint density at radius 1 is 1.08 bits per heavy atom. The highest BCUT2D eigenvalue weighted by Crippen LogP contribution is 2.40. The van der Waals surface area contributed by atoms with E-state index < -0.39 is 11.6 Å². The highest BCUT2D eigenvalue weighted by atomic mass is 19.1. The van der Waals surface area contributed by atoms with Crippen LogP contribution in [0.25, 0.3) is 11.1 Å². The van der Waals surface area contributed by atoms with Crippen LogP contribution in [0.3, 0.4) is 0 Å². The molecule has 0 spiro atoms. The lowest BCUT2D eigenvalue weighted by Crippen LogP contribution is -2.39. The first-order valence-electron chi connectivity index (χ1n) is 12.4. The number of aromatic nitrogens is 1. The summed E-state index contributed by atoms with van der Waals surface area (Å²) in [5.74, 6) is -1.22. The van der Waals surface area contributed by atoms with Crippen LogP contribution in [0.5, 0.6) is 5.75 Å². The van der Waals surface area contributed by atoms with E-state index in [2.05, 4.69) is 29.0 Å². The van der Waals surface area contributed by atoms with Crippen LogP contribution >= 0.6 is 0 Å². The van der Waals surface area contributed by atoms with Crippen molar-refractivity contribution in [3.05, 3.63) is 71.3 Å². The van der Waals surface area contributed by atoms with Gasteiger partial charge >= 0.3 is 0 Å². The molecule has 5 rings (SSSR count). The molecule has 2 atom stereocenters. The van der Waals surface area contributed by atoms with Gasteiger partial charge in [0, 0.05) is 30.3 Å². The Labute approximate surface area is 209 Å². The van der Waals surface area contributed by atoms with E-state index in [0.29, 0.717) is 61.0 Å². The molecular weight excluding hydrogens is 467 g/mol. The molecule has 2 aromatic carbocycles. The summed E-state index contributed by atoms with van der Waals surface area (Å²) in [7, 11) is 0. The number of hydrogen-bond donors (Lipinski definition) is 1. The Morgan fingerprint density at radius 2 is 1.94 bits per heavy atom. The van der Waals surface area contributed by atoms with Gasteiger partial charge in [0.2, 0.25) is 0 Å². The molecule has 5 nitrogen and oxygen atoms in total. The normalized spacial score (nSPS) is 18.0. The molecule has 2 aliphatic rings. The molecule has 1 fully saturated rings. The fourth-order valence-electron chi connectivity index (χ4n) is 4.80. The van der Waals surface area contributed by atoms with Gasteiger partial charge in [-0.3, -0.25) is 4.98 Å². The van der Waals surface area contributed by atoms with Gasteiger partial charge in [-0.25, -0.2) is 13.2 Å². The number of hydrogen-bond acceptors (Lipinski definition) is 5. The number of nitrogens with zero attached hydrogens (tertiary/aromatic N) is 2. The molecule has 0 bridgehead atoms. The molecule has 0 amide bonds. The lowest BCUT2D eigenvalue weighted by Gasteiger charge is -2.36. The van der Waals surface area contributed by atoms with Crippen molar-refractivity contribution in [1.82, 2.24) is 4.98 Å². The molecule has 3 heterocycles. The van der Waals surface area contributed by atoms with Crippen molar-refractivity contribution in [2.24, 2.45) is 0 Å². The van der Waals surface area contributed by atoms with Gasteiger partial charge in [0.25, 0.3) is 0 Å². The highest BCUT2D eigenvalue weighted by Gasteiger charge is 2.26. The van der Waals surface area contributed by atoms with Crippen LogP contribution in [0.15, 0.2) is 42.6 Å². The summed E-state index contributed by atoms with van der Waals surface area (Å²) in [5, 5.41) is 3.17. The van der Waals surface area contributed by atoms with Gasteiger partial charge in [0.15, 0.2) is 11.6 Å². The Kier molecular flexibility index (Phi) is 7.05. The first-order chi connectivity index (χ1) is 17.4. The minimum Gasteiger partial charge on any atom is -0.486 e. The predicted molar refractivity (Wildman–Crippen MR) is 134 cm³/mol. The van der Waals surface area contributed by atoms with E-state index in [1.54, 1.807) is 18.2 Å². The van der Waals surface area contributed by atoms with E-state index >= 15 is 4.39 Å². The van der Waals surface area contributed by atoms with E-state index in [1.165, 1.54) is 12.1 Å². The largest absolute Gasteiger partial charge is 0.486 e. The van der Waals surface area contributed by atoms with Gasteiger partial charge in [0.05, 0.1) is 36.8 Å². The fourth-order valence-corrected chi connectivity index (χ4v) is 4.80. The molecule has 0 radical (unpaired) electrons. The van der Waals surface area contributed by atoms with Crippen molar-refractivity contribution in [3.63, 3.8) is 0 Å². The third-order valence-corrected chi connectivity index (χ3v) is 6.97. The number of benzene rings is 2. The van der Waals surface area contributed by atoms with Crippen LogP contribution in [-0.4, -0.2) is 43.4 Å². The van der Waals surface area contributed by atoms with E-state index in [0.717, 1.165) is 19.0 Å². The number of pyridine rings is 1. The summed E-state index contributed by atoms with van der Waals surface area (Å²) in [6.45, 7) is 6.43. The lowest BCUT2D eigenvalue weighted by molar-refractivity contribution is 0.195. The van der Waals surface area contributed by atoms with Crippen LogP contribution < -0.4 is 15.0 Å². The maximum absolute atomic E-state index is 15.0. The van der Waals surface area contributed by atoms with Crippen LogP contribution in [-0.2, 0) is 11.2 Å². The van der Waals surface area contributed by atoms with Crippen LogP contribution in [0.1, 0.15) is 37.9 Å². The summed E-state index contributed by atoms with van der Waals surface area (Å²) < 4.78 is 55.5. The third-order valence-electron chi connectivity index (χ3n) is 6.97. The lowest BCUT2D eigenvalue weighted by atomic mass is 10.0.